The molecule has 0 unspecified atom stereocenters. The molecule has 6 heteroatoms. The minimum absolute atomic E-state index is 0.0776. The Labute approximate surface area is 149 Å². The van der Waals surface area contributed by atoms with E-state index in [1.807, 2.05) is 0 Å². The van der Waals surface area contributed by atoms with Crippen LogP contribution in [-0.2, 0) is 9.59 Å². The van der Waals surface area contributed by atoms with Crippen molar-refractivity contribution in [1.29, 1.82) is 0 Å². The number of carboxylic acids is 1. The van der Waals surface area contributed by atoms with E-state index in [1.54, 1.807) is 30.5 Å². The van der Waals surface area contributed by atoms with Gasteiger partial charge in [0.25, 0.3) is 0 Å². The fourth-order valence-electron chi connectivity index (χ4n) is 2.27. The van der Waals surface area contributed by atoms with Gasteiger partial charge in [-0.15, -0.1) is 0 Å². The zero-order valence-corrected chi connectivity index (χ0v) is 14.9. The van der Waals surface area contributed by atoms with Gasteiger partial charge in [0.2, 0.25) is 5.91 Å². The van der Waals surface area contributed by atoms with Crippen LogP contribution in [0.15, 0.2) is 29.4 Å². The van der Waals surface area contributed by atoms with Crippen molar-refractivity contribution in [3.05, 3.63) is 29.8 Å². The number of amides is 1. The summed E-state index contributed by atoms with van der Waals surface area (Å²) in [5.74, 6) is -0.622. The van der Waals surface area contributed by atoms with Crippen molar-refractivity contribution < 1.29 is 19.4 Å². The molecular formula is C19H28N2O4. The van der Waals surface area contributed by atoms with Gasteiger partial charge in [-0.1, -0.05) is 45.4 Å². The maximum absolute atomic E-state index is 11.7. The molecule has 0 fully saturated rings. The number of aliphatic carboxylic acids is 1. The van der Waals surface area contributed by atoms with Crippen molar-refractivity contribution >= 4 is 18.1 Å². The summed E-state index contributed by atoms with van der Waals surface area (Å²) < 4.78 is 5.04. The van der Waals surface area contributed by atoms with E-state index in [4.69, 9.17) is 9.84 Å². The quantitative estimate of drug-likeness (QED) is 0.323. The maximum Gasteiger partial charge on any atom is 0.341 e. The predicted octanol–water partition coefficient (Wildman–Crippen LogP) is 3.74. The molecule has 1 aromatic rings. The molecule has 138 valence electrons. The number of hydrogen-bond acceptors (Lipinski definition) is 4. The van der Waals surface area contributed by atoms with Crippen LogP contribution in [0.1, 0.15) is 63.9 Å². The number of nitrogens with zero attached hydrogens (tertiary/aromatic N) is 1. The molecule has 2 N–H and O–H groups in total. The Morgan fingerprint density at radius 3 is 2.36 bits per heavy atom. The number of nitrogens with one attached hydrogen (secondary N) is 1. The second-order valence-electron chi connectivity index (χ2n) is 5.92. The van der Waals surface area contributed by atoms with Crippen molar-refractivity contribution in [2.75, 3.05) is 6.61 Å². The summed E-state index contributed by atoms with van der Waals surface area (Å²) >= 11 is 0. The summed E-state index contributed by atoms with van der Waals surface area (Å²) in [6.45, 7) is 1.83. The molecule has 0 atom stereocenters. The molecule has 0 aliphatic carbocycles. The van der Waals surface area contributed by atoms with Crippen LogP contribution < -0.4 is 10.2 Å². The number of unbranched alkanes of at least 4 members (excludes halogenated alkanes) is 6. The topological polar surface area (TPSA) is 88.0 Å². The lowest BCUT2D eigenvalue weighted by Gasteiger charge is -2.03. The molecule has 0 heterocycles. The van der Waals surface area contributed by atoms with Crippen LogP contribution in [0.3, 0.4) is 0 Å². The maximum atomic E-state index is 11.7. The molecule has 0 aliphatic rings. The number of ether oxygens (including phenoxy) is 1. The number of carbonyl (C=O) groups excluding carboxylic acids is 1. The Morgan fingerprint density at radius 1 is 1.08 bits per heavy atom. The van der Waals surface area contributed by atoms with Crippen molar-refractivity contribution in [2.45, 2.75) is 58.3 Å². The molecule has 0 spiro atoms. The van der Waals surface area contributed by atoms with Gasteiger partial charge < -0.3 is 9.84 Å². The molecule has 0 saturated heterocycles. The average Bonchev–Trinajstić information content (AvgIpc) is 2.60. The molecule has 25 heavy (non-hydrogen) atoms. The smallest absolute Gasteiger partial charge is 0.341 e. The highest BCUT2D eigenvalue weighted by molar-refractivity contribution is 5.82. The van der Waals surface area contributed by atoms with Crippen LogP contribution in [0.5, 0.6) is 5.75 Å². The minimum atomic E-state index is -1.02. The summed E-state index contributed by atoms with van der Waals surface area (Å²) in [5, 5.41) is 12.5. The fourth-order valence-corrected chi connectivity index (χ4v) is 2.27. The largest absolute Gasteiger partial charge is 0.482 e. The van der Waals surface area contributed by atoms with Crippen LogP contribution in [0.2, 0.25) is 0 Å². The average molecular weight is 348 g/mol. The van der Waals surface area contributed by atoms with E-state index in [2.05, 4.69) is 17.5 Å². The second-order valence-corrected chi connectivity index (χ2v) is 5.92. The Balaban J connectivity index is 2.17. The second kappa shape index (κ2) is 13.0. The van der Waals surface area contributed by atoms with Gasteiger partial charge in [-0.05, 0) is 36.2 Å². The van der Waals surface area contributed by atoms with Gasteiger partial charge in [-0.3, -0.25) is 4.79 Å². The lowest BCUT2D eigenvalue weighted by molar-refractivity contribution is -0.139. The van der Waals surface area contributed by atoms with Gasteiger partial charge in [0, 0.05) is 6.42 Å². The number of hydrogen-bond donors (Lipinski definition) is 2. The first-order chi connectivity index (χ1) is 12.1. The third kappa shape index (κ3) is 10.9. The molecular weight excluding hydrogens is 320 g/mol. The molecule has 0 bridgehead atoms. The highest BCUT2D eigenvalue weighted by Crippen LogP contribution is 2.11. The first kappa shape index (κ1) is 20.7. The lowest BCUT2D eigenvalue weighted by atomic mass is 10.1. The normalized spacial score (nSPS) is 10.8. The van der Waals surface area contributed by atoms with Gasteiger partial charge in [-0.25, -0.2) is 10.2 Å². The Morgan fingerprint density at radius 2 is 1.72 bits per heavy atom. The minimum Gasteiger partial charge on any atom is -0.482 e. The van der Waals surface area contributed by atoms with Crippen LogP contribution >= 0.6 is 0 Å². The molecule has 0 aliphatic heterocycles. The summed E-state index contributed by atoms with van der Waals surface area (Å²) in [6, 6.07) is 6.79. The van der Waals surface area contributed by atoms with E-state index in [1.165, 1.54) is 32.1 Å². The number of benzene rings is 1. The van der Waals surface area contributed by atoms with Crippen molar-refractivity contribution in [3.63, 3.8) is 0 Å². The van der Waals surface area contributed by atoms with Gasteiger partial charge in [0.1, 0.15) is 5.75 Å². The van der Waals surface area contributed by atoms with Gasteiger partial charge >= 0.3 is 5.97 Å². The van der Waals surface area contributed by atoms with Gasteiger partial charge in [-0.2, -0.15) is 5.10 Å². The van der Waals surface area contributed by atoms with Crippen molar-refractivity contribution in [1.82, 2.24) is 5.43 Å². The standard InChI is InChI=1S/C19H28N2O4/c1-2-3-4-5-6-7-8-9-18(22)21-20-14-16-10-12-17(13-11-16)25-15-19(23)24/h10-14H,2-9,15H2,1H3,(H,21,22)(H,23,24)/b20-14+. The Bertz CT molecular complexity index is 541. The Hall–Kier alpha value is -2.37. The SMILES string of the molecule is CCCCCCCCCC(=O)N/N=C/c1ccc(OCC(=O)O)cc1. The number of rotatable bonds is 13. The summed E-state index contributed by atoms with van der Waals surface area (Å²) in [5.41, 5.74) is 3.31. The van der Waals surface area contributed by atoms with Crippen LogP contribution in [0, 0.1) is 0 Å². The molecule has 0 aromatic heterocycles. The van der Waals surface area contributed by atoms with E-state index in [-0.39, 0.29) is 12.5 Å². The van der Waals surface area contributed by atoms with Crippen LogP contribution in [-0.4, -0.2) is 29.8 Å². The zero-order valence-electron chi connectivity index (χ0n) is 14.9. The third-order valence-electron chi connectivity index (χ3n) is 3.65. The first-order valence-corrected chi connectivity index (χ1v) is 8.88. The fraction of sp³-hybridized carbons (Fsp3) is 0.526. The van der Waals surface area contributed by atoms with Crippen LogP contribution in [0.4, 0.5) is 0 Å². The first-order valence-electron chi connectivity index (χ1n) is 8.88. The van der Waals surface area contributed by atoms with Gasteiger partial charge in [0.15, 0.2) is 6.61 Å². The summed E-state index contributed by atoms with van der Waals surface area (Å²) in [7, 11) is 0. The van der Waals surface area contributed by atoms with Crippen molar-refractivity contribution in [2.24, 2.45) is 5.10 Å². The lowest BCUT2D eigenvalue weighted by Crippen LogP contribution is -2.16. The number of carboxylic acid groups (broad SMARTS) is 1. The van der Waals surface area contributed by atoms with E-state index >= 15 is 0 Å². The van der Waals surface area contributed by atoms with E-state index in [0.29, 0.717) is 12.2 Å². The van der Waals surface area contributed by atoms with Crippen LogP contribution in [0.25, 0.3) is 0 Å². The highest BCUT2D eigenvalue weighted by atomic mass is 16.5. The third-order valence-corrected chi connectivity index (χ3v) is 3.65. The molecule has 1 amide bonds. The number of hydrazone groups is 1. The Kier molecular flexibility index (Phi) is 10.7. The van der Waals surface area contributed by atoms with E-state index < -0.39 is 5.97 Å². The van der Waals surface area contributed by atoms with E-state index in [0.717, 1.165) is 18.4 Å². The van der Waals surface area contributed by atoms with Crippen molar-refractivity contribution in [3.8, 4) is 5.75 Å². The molecule has 6 nitrogen and oxygen atoms in total. The summed E-state index contributed by atoms with van der Waals surface area (Å²) in [4.78, 5) is 22.1. The predicted molar refractivity (Wildman–Crippen MR) is 97.9 cm³/mol. The number of carbonyl (C=O) groups is 2. The molecule has 0 radical (unpaired) electrons. The summed E-state index contributed by atoms with van der Waals surface area (Å²) in [6.07, 6.45) is 10.3. The molecule has 1 aromatic carbocycles. The monoisotopic (exact) mass is 348 g/mol. The van der Waals surface area contributed by atoms with Gasteiger partial charge in [0.05, 0.1) is 6.21 Å². The molecule has 0 saturated carbocycles. The zero-order chi connectivity index (χ0) is 18.3. The molecule has 1 rings (SSSR count). The highest BCUT2D eigenvalue weighted by Gasteiger charge is 2.00. The van der Waals surface area contributed by atoms with E-state index in [9.17, 15) is 9.59 Å².